The molecule has 3 aromatic rings. The van der Waals surface area contributed by atoms with Crippen LogP contribution in [0.4, 0.5) is 5.95 Å². The maximum atomic E-state index is 5.76. The van der Waals surface area contributed by atoms with Gasteiger partial charge in [-0.2, -0.15) is 0 Å². The highest BCUT2D eigenvalue weighted by Crippen LogP contribution is 2.19. The zero-order valence-corrected chi connectivity index (χ0v) is 12.9. The number of anilines is 1. The molecule has 0 aliphatic rings. The van der Waals surface area contributed by atoms with Crippen molar-refractivity contribution in [3.8, 4) is 5.75 Å². The molecule has 0 amide bonds. The summed E-state index contributed by atoms with van der Waals surface area (Å²) in [6, 6.07) is 15.6. The maximum absolute atomic E-state index is 5.76. The molecule has 0 unspecified atom stereocenters. The predicted octanol–water partition coefficient (Wildman–Crippen LogP) is 3.60. The highest BCUT2D eigenvalue weighted by molar-refractivity contribution is 9.10. The van der Waals surface area contributed by atoms with Gasteiger partial charge in [-0.1, -0.05) is 34.1 Å². The van der Waals surface area contributed by atoms with Gasteiger partial charge in [0, 0.05) is 16.3 Å². The Morgan fingerprint density at radius 2 is 1.76 bits per heavy atom. The van der Waals surface area contributed by atoms with Crippen molar-refractivity contribution in [3.05, 3.63) is 58.7 Å². The lowest BCUT2D eigenvalue weighted by molar-refractivity contribution is 0.321. The summed E-state index contributed by atoms with van der Waals surface area (Å²) in [5.41, 5.74) is 7.53. The Kier molecular flexibility index (Phi) is 4.01. The zero-order valence-electron chi connectivity index (χ0n) is 11.3. The topological polar surface area (TPSA) is 61.0 Å². The monoisotopic (exact) mass is 343 g/mol. The Hall–Kier alpha value is -2.14. The minimum absolute atomic E-state index is 0.298. The van der Waals surface area contributed by atoms with Crippen molar-refractivity contribution in [1.29, 1.82) is 0 Å². The number of hydrogen-bond acceptors (Lipinski definition) is 4. The minimum atomic E-state index is 0.298. The van der Waals surface area contributed by atoms with Crippen molar-refractivity contribution in [2.24, 2.45) is 0 Å². The lowest BCUT2D eigenvalue weighted by atomic mass is 10.1. The van der Waals surface area contributed by atoms with Crippen LogP contribution in [0.3, 0.4) is 0 Å². The van der Waals surface area contributed by atoms with Gasteiger partial charge < -0.3 is 10.5 Å². The highest BCUT2D eigenvalue weighted by Gasteiger charge is 2.06. The van der Waals surface area contributed by atoms with Crippen molar-refractivity contribution < 1.29 is 4.74 Å². The maximum Gasteiger partial charge on any atom is 0.220 e. The highest BCUT2D eigenvalue weighted by atomic mass is 79.9. The van der Waals surface area contributed by atoms with Crippen molar-refractivity contribution in [2.45, 2.75) is 6.42 Å². The summed E-state index contributed by atoms with van der Waals surface area (Å²) in [4.78, 5) is 8.56. The van der Waals surface area contributed by atoms with Crippen LogP contribution in [0.25, 0.3) is 10.9 Å². The number of para-hydroxylation sites is 1. The van der Waals surface area contributed by atoms with Crippen LogP contribution in [-0.2, 0) is 6.42 Å². The predicted molar refractivity (Wildman–Crippen MR) is 87.3 cm³/mol. The molecule has 1 heterocycles. The van der Waals surface area contributed by atoms with Crippen molar-refractivity contribution in [3.63, 3.8) is 0 Å². The second kappa shape index (κ2) is 6.10. The van der Waals surface area contributed by atoms with Crippen molar-refractivity contribution in [2.75, 3.05) is 12.3 Å². The number of nitrogens with two attached hydrogens (primary N) is 1. The zero-order chi connectivity index (χ0) is 14.7. The van der Waals surface area contributed by atoms with Crippen LogP contribution in [-0.4, -0.2) is 16.6 Å². The lowest BCUT2D eigenvalue weighted by Crippen LogP contribution is -2.06. The molecule has 0 saturated heterocycles. The first-order chi connectivity index (χ1) is 10.2. The van der Waals surface area contributed by atoms with Gasteiger partial charge in [0.15, 0.2) is 0 Å². The fourth-order valence-corrected chi connectivity index (χ4v) is 2.41. The molecule has 0 atom stereocenters. The first-order valence-corrected chi connectivity index (χ1v) is 7.41. The van der Waals surface area contributed by atoms with Crippen LogP contribution in [0.5, 0.6) is 5.75 Å². The summed E-state index contributed by atoms with van der Waals surface area (Å²) >= 11 is 3.40. The Morgan fingerprint density at radius 3 is 2.57 bits per heavy atom. The largest absolute Gasteiger partial charge is 0.493 e. The number of aromatic nitrogens is 2. The van der Waals surface area contributed by atoms with Gasteiger partial charge in [0.25, 0.3) is 0 Å². The fourth-order valence-electron chi connectivity index (χ4n) is 2.15. The van der Waals surface area contributed by atoms with Gasteiger partial charge in [-0.25, -0.2) is 9.97 Å². The van der Waals surface area contributed by atoms with Crippen LogP contribution in [0.1, 0.15) is 5.69 Å². The Morgan fingerprint density at radius 1 is 1.00 bits per heavy atom. The molecule has 5 heteroatoms. The number of hydrogen-bond donors (Lipinski definition) is 1. The molecule has 2 aromatic carbocycles. The van der Waals surface area contributed by atoms with E-state index in [1.807, 2.05) is 48.5 Å². The molecule has 0 radical (unpaired) electrons. The van der Waals surface area contributed by atoms with E-state index < -0.39 is 0 Å². The van der Waals surface area contributed by atoms with E-state index in [0.29, 0.717) is 19.0 Å². The first-order valence-electron chi connectivity index (χ1n) is 6.62. The third-order valence-corrected chi connectivity index (χ3v) is 3.65. The average Bonchev–Trinajstić information content (AvgIpc) is 2.49. The molecule has 0 spiro atoms. The minimum Gasteiger partial charge on any atom is -0.493 e. The molecule has 0 fully saturated rings. The van der Waals surface area contributed by atoms with Gasteiger partial charge in [-0.3, -0.25) is 0 Å². The molecule has 3 rings (SSSR count). The number of ether oxygens (including phenoxy) is 1. The van der Waals surface area contributed by atoms with Crippen LogP contribution in [0, 0.1) is 0 Å². The van der Waals surface area contributed by atoms with E-state index in [1.54, 1.807) is 0 Å². The summed E-state index contributed by atoms with van der Waals surface area (Å²) in [5.74, 6) is 1.14. The van der Waals surface area contributed by atoms with Gasteiger partial charge in [-0.15, -0.1) is 0 Å². The first kappa shape index (κ1) is 13.8. The van der Waals surface area contributed by atoms with Crippen molar-refractivity contribution >= 4 is 32.8 Å². The summed E-state index contributed by atoms with van der Waals surface area (Å²) in [6.45, 7) is 0.544. The molecular formula is C16H14BrN3O. The average molecular weight is 344 g/mol. The SMILES string of the molecule is Nc1nc(CCOc2ccc(Br)cc2)c2ccccc2n1. The summed E-state index contributed by atoms with van der Waals surface area (Å²) in [5, 5.41) is 1.02. The van der Waals surface area contributed by atoms with E-state index in [0.717, 1.165) is 26.8 Å². The molecule has 106 valence electrons. The van der Waals surface area contributed by atoms with E-state index in [1.165, 1.54) is 0 Å². The Balaban J connectivity index is 1.74. The molecule has 0 saturated carbocycles. The van der Waals surface area contributed by atoms with Gasteiger partial charge >= 0.3 is 0 Å². The molecule has 2 N–H and O–H groups in total. The van der Waals surface area contributed by atoms with Crippen LogP contribution in [0.2, 0.25) is 0 Å². The van der Waals surface area contributed by atoms with Gasteiger partial charge in [-0.05, 0) is 30.3 Å². The molecular weight excluding hydrogens is 330 g/mol. The van der Waals surface area contributed by atoms with E-state index in [9.17, 15) is 0 Å². The molecule has 1 aromatic heterocycles. The molecule has 21 heavy (non-hydrogen) atoms. The quantitative estimate of drug-likeness (QED) is 0.786. The number of rotatable bonds is 4. The van der Waals surface area contributed by atoms with E-state index in [4.69, 9.17) is 10.5 Å². The van der Waals surface area contributed by atoms with Gasteiger partial charge in [0.2, 0.25) is 5.95 Å². The molecule has 0 aliphatic heterocycles. The Bertz CT molecular complexity index is 759. The van der Waals surface area contributed by atoms with Gasteiger partial charge in [0.05, 0.1) is 17.8 Å². The van der Waals surface area contributed by atoms with E-state index >= 15 is 0 Å². The summed E-state index contributed by atoms with van der Waals surface area (Å²) < 4.78 is 6.76. The van der Waals surface area contributed by atoms with Crippen molar-refractivity contribution in [1.82, 2.24) is 9.97 Å². The second-order valence-electron chi connectivity index (χ2n) is 4.60. The molecule has 0 bridgehead atoms. The lowest BCUT2D eigenvalue weighted by Gasteiger charge is -2.08. The molecule has 0 aliphatic carbocycles. The number of nitrogen functional groups attached to an aromatic ring is 1. The van der Waals surface area contributed by atoms with E-state index in [-0.39, 0.29) is 0 Å². The number of fused-ring (bicyclic) bond motifs is 1. The summed E-state index contributed by atoms with van der Waals surface area (Å²) in [6.07, 6.45) is 0.684. The number of nitrogens with zero attached hydrogens (tertiary/aromatic N) is 2. The van der Waals surface area contributed by atoms with Crippen LogP contribution >= 0.6 is 15.9 Å². The van der Waals surface area contributed by atoms with Crippen LogP contribution < -0.4 is 10.5 Å². The Labute approximate surface area is 131 Å². The third-order valence-electron chi connectivity index (χ3n) is 3.12. The van der Waals surface area contributed by atoms with Gasteiger partial charge in [0.1, 0.15) is 5.75 Å². The third kappa shape index (κ3) is 3.31. The smallest absolute Gasteiger partial charge is 0.220 e. The standard InChI is InChI=1S/C16H14BrN3O/c17-11-5-7-12(8-6-11)21-10-9-15-13-3-1-2-4-14(13)19-16(18)20-15/h1-8H,9-10H2,(H2,18,19,20). The normalized spacial score (nSPS) is 10.7. The van der Waals surface area contributed by atoms with E-state index in [2.05, 4.69) is 25.9 Å². The van der Waals surface area contributed by atoms with Crippen LogP contribution in [0.15, 0.2) is 53.0 Å². The summed E-state index contributed by atoms with van der Waals surface area (Å²) in [7, 11) is 0. The number of halogens is 1. The number of benzene rings is 2. The fraction of sp³-hybridized carbons (Fsp3) is 0.125. The molecule has 4 nitrogen and oxygen atoms in total. The second-order valence-corrected chi connectivity index (χ2v) is 5.51.